The number of carboxylic acid groups (broad SMARTS) is 1. The Morgan fingerprint density at radius 1 is 1.17 bits per heavy atom. The van der Waals surface area contributed by atoms with Crippen LogP contribution in [0.3, 0.4) is 0 Å². The Bertz CT molecular complexity index is 339. The second-order valence-corrected chi connectivity index (χ2v) is 3.66. The Morgan fingerprint density at radius 3 is 2.11 bits per heavy atom. The number of hydrogen-bond acceptors (Lipinski definition) is 4. The monoisotopic (exact) mass is 260 g/mol. The maximum Gasteiger partial charge on any atom is 0.323 e. The van der Waals surface area contributed by atoms with Crippen molar-refractivity contribution < 1.29 is 24.3 Å². The van der Waals surface area contributed by atoms with Gasteiger partial charge in [-0.3, -0.25) is 14.4 Å². The van der Waals surface area contributed by atoms with Gasteiger partial charge >= 0.3 is 12.0 Å². The normalized spacial score (nSPS) is 9.44. The first-order chi connectivity index (χ1) is 8.23. The summed E-state index contributed by atoms with van der Waals surface area (Å²) in [5.74, 6) is -2.49. The van der Waals surface area contributed by atoms with Crippen molar-refractivity contribution in [3.05, 3.63) is 0 Å². The van der Waals surface area contributed by atoms with Crippen LogP contribution in [-0.2, 0) is 14.4 Å². The summed E-state index contributed by atoms with van der Waals surface area (Å²) in [6.07, 6.45) is 0. The molecule has 0 spiro atoms. The van der Waals surface area contributed by atoms with Crippen LogP contribution < -0.4 is 11.1 Å². The number of urea groups is 1. The highest BCUT2D eigenvalue weighted by molar-refractivity contribution is 5.88. The third-order valence-corrected chi connectivity index (χ3v) is 1.85. The van der Waals surface area contributed by atoms with E-state index in [2.05, 4.69) is 5.32 Å². The van der Waals surface area contributed by atoms with Crippen LogP contribution in [0.1, 0.15) is 0 Å². The van der Waals surface area contributed by atoms with Gasteiger partial charge in [-0.25, -0.2) is 4.79 Å². The van der Waals surface area contributed by atoms with Crippen molar-refractivity contribution in [2.24, 2.45) is 5.73 Å². The van der Waals surface area contributed by atoms with Crippen molar-refractivity contribution in [2.75, 3.05) is 33.7 Å². The molecular weight excluding hydrogens is 244 g/mol. The molecule has 102 valence electrons. The smallest absolute Gasteiger partial charge is 0.323 e. The lowest BCUT2D eigenvalue weighted by molar-refractivity contribution is -0.137. The largest absolute Gasteiger partial charge is 0.480 e. The summed E-state index contributed by atoms with van der Waals surface area (Å²) in [5.41, 5.74) is 4.88. The summed E-state index contributed by atoms with van der Waals surface area (Å²) in [4.78, 5) is 45.8. The highest BCUT2D eigenvalue weighted by atomic mass is 16.4. The first-order valence-electron chi connectivity index (χ1n) is 4.97. The molecule has 0 aliphatic heterocycles. The van der Waals surface area contributed by atoms with Crippen LogP contribution in [0.5, 0.6) is 0 Å². The predicted octanol–water partition coefficient (Wildman–Crippen LogP) is -2.34. The number of nitrogens with two attached hydrogens (primary N) is 1. The van der Waals surface area contributed by atoms with Crippen LogP contribution >= 0.6 is 0 Å². The van der Waals surface area contributed by atoms with Gasteiger partial charge in [0.05, 0.1) is 6.54 Å². The first-order valence-corrected chi connectivity index (χ1v) is 4.97. The summed E-state index contributed by atoms with van der Waals surface area (Å²) in [7, 11) is 3.01. The average Bonchev–Trinajstić information content (AvgIpc) is 2.22. The number of rotatable bonds is 6. The van der Waals surface area contributed by atoms with E-state index in [1.165, 1.54) is 19.0 Å². The molecular formula is C9H16N4O5. The van der Waals surface area contributed by atoms with E-state index in [1.54, 1.807) is 0 Å². The fourth-order valence-electron chi connectivity index (χ4n) is 0.972. The molecule has 4 amide bonds. The zero-order chi connectivity index (χ0) is 14.3. The second-order valence-electron chi connectivity index (χ2n) is 3.66. The van der Waals surface area contributed by atoms with Gasteiger partial charge < -0.3 is 26.0 Å². The van der Waals surface area contributed by atoms with Gasteiger partial charge in [-0.1, -0.05) is 0 Å². The van der Waals surface area contributed by atoms with Crippen molar-refractivity contribution in [3.63, 3.8) is 0 Å². The van der Waals surface area contributed by atoms with E-state index < -0.39 is 31.0 Å². The van der Waals surface area contributed by atoms with Crippen molar-refractivity contribution in [2.45, 2.75) is 0 Å². The van der Waals surface area contributed by atoms with Gasteiger partial charge in [-0.15, -0.1) is 0 Å². The number of amides is 4. The quantitative estimate of drug-likeness (QED) is 0.492. The van der Waals surface area contributed by atoms with E-state index in [4.69, 9.17) is 10.8 Å². The summed E-state index contributed by atoms with van der Waals surface area (Å²) in [6.45, 7) is -1.50. The lowest BCUT2D eigenvalue weighted by Gasteiger charge is -2.20. The summed E-state index contributed by atoms with van der Waals surface area (Å²) >= 11 is 0. The number of carbonyl (C=O) groups is 4. The van der Waals surface area contributed by atoms with E-state index in [-0.39, 0.29) is 12.5 Å². The fraction of sp³-hybridized carbons (Fsp3) is 0.556. The van der Waals surface area contributed by atoms with E-state index in [1.807, 2.05) is 0 Å². The molecule has 0 radical (unpaired) electrons. The topological polar surface area (TPSA) is 133 Å². The van der Waals surface area contributed by atoms with Gasteiger partial charge in [0.1, 0.15) is 13.1 Å². The molecule has 0 aliphatic rings. The lowest BCUT2D eigenvalue weighted by Crippen LogP contribution is -2.48. The van der Waals surface area contributed by atoms with Crippen LogP contribution in [-0.4, -0.2) is 72.5 Å². The molecule has 0 bridgehead atoms. The second kappa shape index (κ2) is 7.09. The van der Waals surface area contributed by atoms with Crippen molar-refractivity contribution >= 4 is 23.8 Å². The maximum atomic E-state index is 11.5. The number of hydrogen-bond donors (Lipinski definition) is 3. The van der Waals surface area contributed by atoms with Gasteiger partial charge in [-0.2, -0.15) is 0 Å². The summed E-state index contributed by atoms with van der Waals surface area (Å²) < 4.78 is 0. The third kappa shape index (κ3) is 6.30. The molecule has 0 unspecified atom stereocenters. The van der Waals surface area contributed by atoms with Gasteiger partial charge in [0.15, 0.2) is 0 Å². The van der Waals surface area contributed by atoms with Crippen LogP contribution in [0.15, 0.2) is 0 Å². The van der Waals surface area contributed by atoms with Crippen molar-refractivity contribution in [1.29, 1.82) is 0 Å². The molecule has 0 aromatic heterocycles. The molecule has 9 nitrogen and oxygen atoms in total. The SMILES string of the molecule is CN(C)C(=O)CNC(=O)N(CC(N)=O)CC(=O)O. The van der Waals surface area contributed by atoms with Gasteiger partial charge in [0.2, 0.25) is 11.8 Å². The van der Waals surface area contributed by atoms with Crippen molar-refractivity contribution in [1.82, 2.24) is 15.1 Å². The maximum absolute atomic E-state index is 11.5. The molecule has 0 fully saturated rings. The Labute approximate surface area is 104 Å². The minimum absolute atomic E-state index is 0.291. The molecule has 18 heavy (non-hydrogen) atoms. The molecule has 0 aromatic carbocycles. The Kier molecular flexibility index (Phi) is 6.18. The van der Waals surface area contributed by atoms with Crippen molar-refractivity contribution in [3.8, 4) is 0 Å². The van der Waals surface area contributed by atoms with Crippen LogP contribution in [0, 0.1) is 0 Å². The average molecular weight is 260 g/mol. The number of likely N-dealkylation sites (N-methyl/N-ethyl adjacent to an activating group) is 1. The van der Waals surface area contributed by atoms with Crippen LogP contribution in [0.4, 0.5) is 4.79 Å². The molecule has 0 aliphatic carbocycles. The number of carboxylic acids is 1. The Hall–Kier alpha value is -2.32. The molecule has 0 aromatic rings. The zero-order valence-corrected chi connectivity index (χ0v) is 10.2. The number of primary amides is 1. The molecule has 0 rings (SSSR count). The highest BCUT2D eigenvalue weighted by Gasteiger charge is 2.19. The van der Waals surface area contributed by atoms with Gasteiger partial charge in [0.25, 0.3) is 0 Å². The third-order valence-electron chi connectivity index (χ3n) is 1.85. The van der Waals surface area contributed by atoms with Crippen LogP contribution in [0.25, 0.3) is 0 Å². The molecule has 0 saturated carbocycles. The van der Waals surface area contributed by atoms with E-state index >= 15 is 0 Å². The fourth-order valence-corrected chi connectivity index (χ4v) is 0.972. The number of nitrogens with zero attached hydrogens (tertiary/aromatic N) is 2. The van der Waals surface area contributed by atoms with Gasteiger partial charge in [-0.05, 0) is 0 Å². The molecule has 9 heteroatoms. The van der Waals surface area contributed by atoms with Crippen LogP contribution in [0.2, 0.25) is 0 Å². The number of carbonyl (C=O) groups excluding carboxylic acids is 3. The number of nitrogens with one attached hydrogen (secondary N) is 1. The van der Waals surface area contributed by atoms with E-state index in [9.17, 15) is 19.2 Å². The highest BCUT2D eigenvalue weighted by Crippen LogP contribution is 1.90. The lowest BCUT2D eigenvalue weighted by atomic mass is 10.4. The minimum atomic E-state index is -1.29. The molecule has 0 atom stereocenters. The van der Waals surface area contributed by atoms with E-state index in [0.29, 0.717) is 4.90 Å². The standard InChI is InChI=1S/C9H16N4O5/c1-12(2)7(15)3-11-9(18)13(4-6(10)14)5-8(16)17/h3-5H2,1-2H3,(H2,10,14)(H,11,18)(H,16,17). The predicted molar refractivity (Wildman–Crippen MR) is 60.5 cm³/mol. The van der Waals surface area contributed by atoms with E-state index in [0.717, 1.165) is 0 Å². The molecule has 0 heterocycles. The number of aliphatic carboxylic acids is 1. The summed E-state index contributed by atoms with van der Waals surface area (Å²) in [6, 6.07) is -0.841. The Balaban J connectivity index is 4.42. The molecule has 4 N–H and O–H groups in total. The first kappa shape index (κ1) is 15.7. The molecule has 0 saturated heterocycles. The Morgan fingerprint density at radius 2 is 1.72 bits per heavy atom. The summed E-state index contributed by atoms with van der Waals surface area (Å²) in [5, 5.41) is 10.8. The minimum Gasteiger partial charge on any atom is -0.480 e. The van der Waals surface area contributed by atoms with Gasteiger partial charge in [0, 0.05) is 14.1 Å². The zero-order valence-electron chi connectivity index (χ0n) is 10.2.